The van der Waals surface area contributed by atoms with E-state index in [2.05, 4.69) is 71.6 Å². The van der Waals surface area contributed by atoms with Crippen molar-refractivity contribution in [1.82, 2.24) is 46.2 Å². The largest absolute Gasteiger partial charge is 0.478 e. The second kappa shape index (κ2) is 55.3. The van der Waals surface area contributed by atoms with Gasteiger partial charge >= 0.3 is 5.97 Å². The number of nitrogens with zero attached hydrogens (tertiary/aromatic N) is 4. The van der Waals surface area contributed by atoms with Crippen LogP contribution in [0.3, 0.4) is 0 Å². The number of rotatable bonds is 32. The van der Waals surface area contributed by atoms with Crippen LogP contribution < -0.4 is 26.6 Å². The highest BCUT2D eigenvalue weighted by Crippen LogP contribution is 2.61. The Morgan fingerprint density at radius 2 is 0.918 bits per heavy atom. The van der Waals surface area contributed by atoms with Gasteiger partial charge in [0.2, 0.25) is 0 Å². The van der Waals surface area contributed by atoms with Gasteiger partial charge in [-0.3, -0.25) is 57.9 Å². The number of carboxylic acids is 1. The fourth-order valence-corrected chi connectivity index (χ4v) is 16.4. The molecule has 4 bridgehead atoms. The van der Waals surface area contributed by atoms with Gasteiger partial charge in [0, 0.05) is 0 Å². The monoisotopic (exact) mass is 1540 g/mol. The molecule has 6 saturated carbocycles. The molecular weight excluding hydrogens is 1390 g/mol. The summed E-state index contributed by atoms with van der Waals surface area (Å²) < 4.78 is 0. The molecule has 624 valence electrons. The minimum atomic E-state index is -0.941. The predicted molar refractivity (Wildman–Crippen MR) is 449 cm³/mol. The van der Waals surface area contributed by atoms with Gasteiger partial charge < -0.3 is 41.7 Å². The number of hydrogen-bond donors (Lipinski definition) is 7. The lowest BCUT2D eigenvalue weighted by atomic mass is 9.47. The summed E-state index contributed by atoms with van der Waals surface area (Å²) in [6, 6.07) is 24.7. The predicted octanol–water partition coefficient (Wildman–Crippen LogP) is 11.2. The van der Waals surface area contributed by atoms with Crippen LogP contribution in [-0.2, 0) is 62.4 Å². The van der Waals surface area contributed by atoms with Crippen LogP contribution >= 0.6 is 0 Å². The highest BCUT2D eigenvalue weighted by atomic mass is 16.4. The summed E-state index contributed by atoms with van der Waals surface area (Å²) in [4.78, 5) is 118. The second-order valence-electron chi connectivity index (χ2n) is 33.0. The van der Waals surface area contributed by atoms with Crippen molar-refractivity contribution in [2.75, 3.05) is 98.2 Å². The molecule has 0 unspecified atom stereocenters. The third kappa shape index (κ3) is 41.0. The molecule has 6 aliphatic carbocycles. The number of likely N-dealkylation sites (N-methyl/N-ethyl adjacent to an activating group) is 9. The van der Waals surface area contributed by atoms with E-state index < -0.39 is 12.1 Å². The van der Waals surface area contributed by atoms with Gasteiger partial charge in [-0.25, -0.2) is 4.79 Å². The molecule has 0 amide bonds. The van der Waals surface area contributed by atoms with E-state index in [0.29, 0.717) is 41.8 Å². The molecular formula is C89H151N9O12. The summed E-state index contributed by atoms with van der Waals surface area (Å²) in [5.74, 6) is 5.75. The average Bonchev–Trinajstić information content (AvgIpc) is 0.794. The number of Topliss-reactive ketones (excluding diaryl/α,β-unsaturated/α-hetero) is 9. The molecule has 9 atom stereocenters. The second-order valence-corrected chi connectivity index (χ2v) is 33.0. The summed E-state index contributed by atoms with van der Waals surface area (Å²) in [6.45, 7) is 23.2. The minimum absolute atomic E-state index is 0.000000000000000666. The van der Waals surface area contributed by atoms with Crippen LogP contribution in [-0.4, -0.2) is 240 Å². The van der Waals surface area contributed by atoms with Crippen LogP contribution in [0.1, 0.15) is 212 Å². The van der Waals surface area contributed by atoms with Gasteiger partial charge in [0.1, 0.15) is 52.0 Å². The first-order valence-corrected chi connectivity index (χ1v) is 40.1. The molecule has 0 saturated heterocycles. The average molecular weight is 1540 g/mol. The highest BCUT2D eigenvalue weighted by Gasteiger charge is 2.55. The Morgan fingerprint density at radius 1 is 0.473 bits per heavy atom. The topological polar surface area (TPSA) is 284 Å². The molecule has 7 N–H and O–H groups in total. The molecule has 0 heterocycles. The standard InChI is InChI=1S/C14H23NO.C12H15NO3.2C12H17NO.2C9H17NO.C9H19NO.C7H15NO2.C5H11NO/c1-9(16)13(15-2)14-6-10-3-11(7-14)5-12(4-10)8-14;1-8(14)11(13-2)7-9-3-5-10(6-4-9)12(15)16;1-9-6-4-5-7-11(9)8-12(13-3)10(2)14;1-10(14)12(13(2)3)9-11-7-5-4-6-8-11;1-7(11)9(10-2)6-8-4-3-5-8;1-7(11)9(10-2)8-5-3-4-6-8;1-7(2)6-9(8(3)11)10(4)5;1-5(9)7(6(2)10)8(3)4;1-5(7)4-6(2)3/h10-13,15H,3-8H2,1-2H3;3-6,11,13H,7H2,1-2H3,(H,15,16);4-7,12-13H,8H2,1-3H3;4-8,12H,9H2,1-3H3;2*8-10H,3-6H2,1-2H3;7,9H,6H2,1-5H3;5,7,9H,1-4H3;4H2,1-3H3/t10?,11?,12?,13-,14?;11-;2*12-;3*9-;5-,7+;/m10000101./s1. The van der Waals surface area contributed by atoms with Crippen LogP contribution in [0, 0.1) is 47.8 Å². The lowest BCUT2D eigenvalue weighted by molar-refractivity contribution is -0.131. The highest BCUT2D eigenvalue weighted by molar-refractivity contribution is 5.88. The number of aromatic carboxylic acids is 1. The van der Waals surface area contributed by atoms with Crippen molar-refractivity contribution in [1.29, 1.82) is 0 Å². The Kier molecular flexibility index (Phi) is 52.1. The van der Waals surface area contributed by atoms with E-state index in [1.807, 2.05) is 116 Å². The fraction of sp³-hybridized carbons (Fsp3) is 0.685. The molecule has 21 nitrogen and oxygen atoms in total. The lowest BCUT2D eigenvalue weighted by Gasteiger charge is -2.59. The number of carboxylic acid groups (broad SMARTS) is 1. The van der Waals surface area contributed by atoms with Crippen molar-refractivity contribution < 1.29 is 58.2 Å². The fourth-order valence-electron chi connectivity index (χ4n) is 16.4. The number of carbonyl (C=O) groups excluding carboxylic acids is 9. The van der Waals surface area contributed by atoms with Crippen molar-refractivity contribution in [3.63, 3.8) is 0 Å². The summed E-state index contributed by atoms with van der Waals surface area (Å²) >= 11 is 0. The van der Waals surface area contributed by atoms with E-state index in [1.54, 1.807) is 106 Å². The molecule has 9 rings (SSSR count). The molecule has 6 fully saturated rings. The Bertz CT molecular complexity index is 3120. The third-order valence-corrected chi connectivity index (χ3v) is 21.8. The van der Waals surface area contributed by atoms with Gasteiger partial charge in [0.15, 0.2) is 0 Å². The van der Waals surface area contributed by atoms with E-state index in [1.165, 1.54) is 114 Å². The summed E-state index contributed by atoms with van der Waals surface area (Å²) in [7, 11) is 24.4. The maximum absolute atomic E-state index is 11.8. The summed E-state index contributed by atoms with van der Waals surface area (Å²) in [6.07, 6.45) is 20.9. The molecule has 6 aliphatic rings. The Hall–Kier alpha value is -6.24. The maximum atomic E-state index is 11.8. The van der Waals surface area contributed by atoms with Crippen molar-refractivity contribution in [3.05, 3.63) is 107 Å². The number of ketones is 9. The number of hydrogen-bond acceptors (Lipinski definition) is 20. The zero-order valence-electron chi connectivity index (χ0n) is 72.9. The maximum Gasteiger partial charge on any atom is 0.335 e. The first-order chi connectivity index (χ1) is 51.5. The quantitative estimate of drug-likeness (QED) is 0.0306. The van der Waals surface area contributed by atoms with Gasteiger partial charge in [-0.1, -0.05) is 113 Å². The number of aryl methyl sites for hydroxylation is 1. The van der Waals surface area contributed by atoms with Gasteiger partial charge in [-0.2, -0.15) is 0 Å². The Labute approximate surface area is 664 Å². The normalized spacial score (nSPS) is 19.7. The van der Waals surface area contributed by atoms with E-state index in [-0.39, 0.29) is 94.4 Å². The zero-order valence-corrected chi connectivity index (χ0v) is 72.9. The Balaban J connectivity index is 0.00000123. The summed E-state index contributed by atoms with van der Waals surface area (Å²) in [5, 5.41) is 33.2. The van der Waals surface area contributed by atoms with Crippen molar-refractivity contribution in [2.45, 2.75) is 260 Å². The smallest absolute Gasteiger partial charge is 0.335 e. The van der Waals surface area contributed by atoms with E-state index in [9.17, 15) is 47.9 Å². The molecule has 110 heavy (non-hydrogen) atoms. The van der Waals surface area contributed by atoms with Crippen LogP contribution in [0.25, 0.3) is 0 Å². The first kappa shape index (κ1) is 104. The number of nitrogens with one attached hydrogen (secondary N) is 5. The van der Waals surface area contributed by atoms with Crippen molar-refractivity contribution in [3.8, 4) is 0 Å². The molecule has 0 aromatic heterocycles. The first-order valence-electron chi connectivity index (χ1n) is 40.1. The van der Waals surface area contributed by atoms with Crippen LogP contribution in [0.15, 0.2) is 78.9 Å². The van der Waals surface area contributed by atoms with Gasteiger partial charge in [0.25, 0.3) is 0 Å². The zero-order chi connectivity index (χ0) is 84.3. The molecule has 3 aromatic carbocycles. The van der Waals surface area contributed by atoms with E-state index in [4.69, 9.17) is 10.2 Å². The molecule has 0 aliphatic heterocycles. The number of aliphatic hydroxyl groups excluding tert-OH is 1. The van der Waals surface area contributed by atoms with Gasteiger partial charge in [0.05, 0.1) is 66.5 Å². The SMILES string of the molecule is CC(=O)CN(C)C.CC(=O)[C@H](CC(C)C)N(C)C.CC(=O)[C@H](Cc1ccccc1)N(C)C.CC(=O)[C@H]([C@@H](C)O)N(C)C.CN[C@@H](CC1CCC1)C(C)=O.CN[C@@H](Cc1ccc(C(=O)O)cc1)C(C)=O.CN[C@@H](Cc1ccccc1C)C(C)=O.CN[C@H](C(C)=O)C12CC3CC(CC(C3)C1)C2.CN[C@H](C(C)=O)C1CCCC1. The molecule has 21 heteroatoms. The Morgan fingerprint density at radius 3 is 1.21 bits per heavy atom. The molecule has 0 spiro atoms. The van der Waals surface area contributed by atoms with Crippen LogP contribution in [0.2, 0.25) is 0 Å². The number of aliphatic hydroxyl groups is 1. The number of benzene rings is 3. The molecule has 3 aromatic rings. The van der Waals surface area contributed by atoms with E-state index in [0.717, 1.165) is 54.9 Å². The van der Waals surface area contributed by atoms with Crippen LogP contribution in [0.4, 0.5) is 0 Å². The van der Waals surface area contributed by atoms with Gasteiger partial charge in [-0.05, 0) is 327 Å². The van der Waals surface area contributed by atoms with Gasteiger partial charge in [-0.15, -0.1) is 0 Å². The minimum Gasteiger partial charge on any atom is -0.478 e. The summed E-state index contributed by atoms with van der Waals surface area (Å²) in [5.41, 5.74) is 5.22. The van der Waals surface area contributed by atoms with Crippen LogP contribution in [0.5, 0.6) is 0 Å². The lowest BCUT2D eigenvalue weighted by Crippen LogP contribution is -2.57. The number of carbonyl (C=O) groups is 10. The van der Waals surface area contributed by atoms with Crippen molar-refractivity contribution in [2.24, 2.45) is 40.9 Å². The van der Waals surface area contributed by atoms with Crippen molar-refractivity contribution >= 4 is 58.0 Å². The molecule has 0 radical (unpaired) electrons. The third-order valence-electron chi connectivity index (χ3n) is 21.8. The van der Waals surface area contributed by atoms with E-state index >= 15 is 0 Å².